The van der Waals surface area contributed by atoms with Gasteiger partial charge in [-0.1, -0.05) is 12.1 Å². The van der Waals surface area contributed by atoms with Crippen LogP contribution >= 0.6 is 35.7 Å². The largest absolute Gasteiger partial charge is 0.370 e. The molecular formula is C16H24IN5S. The lowest BCUT2D eigenvalue weighted by Gasteiger charge is -2.27. The van der Waals surface area contributed by atoms with Crippen LogP contribution in [-0.4, -0.2) is 51.6 Å². The first kappa shape index (κ1) is 18.4. The fourth-order valence-electron chi connectivity index (χ4n) is 2.79. The topological polar surface area (TPSA) is 59.4 Å². The quantitative estimate of drug-likeness (QED) is 0.340. The van der Waals surface area contributed by atoms with E-state index < -0.39 is 0 Å². The Morgan fingerprint density at radius 1 is 1.30 bits per heavy atom. The van der Waals surface area contributed by atoms with Gasteiger partial charge in [0.1, 0.15) is 5.82 Å². The lowest BCUT2D eigenvalue weighted by Crippen LogP contribution is -2.42. The third kappa shape index (κ3) is 4.53. The van der Waals surface area contributed by atoms with Gasteiger partial charge in [0.05, 0.1) is 11.0 Å². The number of para-hydroxylation sites is 2. The SMILES string of the molecule is Cc1nc2ccccc2n1CCCN=C(N)N1CCSCC1.I. The van der Waals surface area contributed by atoms with Crippen LogP contribution in [0.4, 0.5) is 0 Å². The molecule has 1 aromatic heterocycles. The maximum atomic E-state index is 6.08. The third-order valence-electron chi connectivity index (χ3n) is 3.99. The highest BCUT2D eigenvalue weighted by Crippen LogP contribution is 2.15. The summed E-state index contributed by atoms with van der Waals surface area (Å²) < 4.78 is 2.26. The number of nitrogens with zero attached hydrogens (tertiary/aromatic N) is 4. The Bertz CT molecular complexity index is 664. The molecule has 2 N–H and O–H groups in total. The van der Waals surface area contributed by atoms with Crippen molar-refractivity contribution in [3.05, 3.63) is 30.1 Å². The molecule has 0 bridgehead atoms. The number of hydrogen-bond acceptors (Lipinski definition) is 3. The van der Waals surface area contributed by atoms with Crippen molar-refractivity contribution in [2.75, 3.05) is 31.1 Å². The van der Waals surface area contributed by atoms with Crippen LogP contribution in [0.2, 0.25) is 0 Å². The van der Waals surface area contributed by atoms with Crippen LogP contribution in [0.1, 0.15) is 12.2 Å². The van der Waals surface area contributed by atoms with E-state index in [4.69, 9.17) is 5.73 Å². The van der Waals surface area contributed by atoms with Crippen LogP contribution in [0.3, 0.4) is 0 Å². The molecule has 1 fully saturated rings. The minimum atomic E-state index is 0. The van der Waals surface area contributed by atoms with Crippen LogP contribution < -0.4 is 5.73 Å². The zero-order valence-corrected chi connectivity index (χ0v) is 16.6. The van der Waals surface area contributed by atoms with Gasteiger partial charge in [-0.3, -0.25) is 4.99 Å². The molecular weight excluding hydrogens is 421 g/mol. The predicted molar refractivity (Wildman–Crippen MR) is 110 cm³/mol. The van der Waals surface area contributed by atoms with Crippen molar-refractivity contribution in [1.29, 1.82) is 0 Å². The summed E-state index contributed by atoms with van der Waals surface area (Å²) in [6.45, 7) is 5.79. The van der Waals surface area contributed by atoms with Crippen molar-refractivity contribution in [2.45, 2.75) is 19.9 Å². The molecule has 2 aromatic rings. The number of hydrogen-bond donors (Lipinski definition) is 1. The molecule has 0 radical (unpaired) electrons. The maximum absolute atomic E-state index is 6.08. The fraction of sp³-hybridized carbons (Fsp3) is 0.500. The summed E-state index contributed by atoms with van der Waals surface area (Å²) >= 11 is 1.98. The molecule has 1 aromatic carbocycles. The molecule has 0 saturated carbocycles. The average Bonchev–Trinajstić information content (AvgIpc) is 2.88. The number of aliphatic imine (C=N–C) groups is 1. The first-order valence-corrected chi connectivity index (χ1v) is 8.95. The van der Waals surface area contributed by atoms with Gasteiger partial charge in [0.25, 0.3) is 0 Å². The van der Waals surface area contributed by atoms with E-state index in [1.807, 2.05) is 17.8 Å². The first-order valence-electron chi connectivity index (χ1n) is 7.80. The predicted octanol–water partition coefficient (Wildman–Crippen LogP) is 2.72. The molecule has 0 amide bonds. The van der Waals surface area contributed by atoms with E-state index in [1.165, 1.54) is 5.52 Å². The molecule has 23 heavy (non-hydrogen) atoms. The van der Waals surface area contributed by atoms with E-state index in [0.717, 1.165) is 55.4 Å². The minimum Gasteiger partial charge on any atom is -0.370 e. The highest BCUT2D eigenvalue weighted by Gasteiger charge is 2.11. The number of fused-ring (bicyclic) bond motifs is 1. The molecule has 0 atom stereocenters. The van der Waals surface area contributed by atoms with Gasteiger partial charge in [-0.25, -0.2) is 4.98 Å². The second-order valence-corrected chi connectivity index (χ2v) is 6.72. The third-order valence-corrected chi connectivity index (χ3v) is 4.94. The van der Waals surface area contributed by atoms with Crippen molar-refractivity contribution in [3.63, 3.8) is 0 Å². The number of guanidine groups is 1. The average molecular weight is 445 g/mol. The van der Waals surface area contributed by atoms with Crippen LogP contribution in [-0.2, 0) is 6.54 Å². The number of aromatic nitrogens is 2. The Morgan fingerprint density at radius 2 is 2.04 bits per heavy atom. The molecule has 0 unspecified atom stereocenters. The van der Waals surface area contributed by atoms with E-state index in [2.05, 4.69) is 44.6 Å². The summed E-state index contributed by atoms with van der Waals surface area (Å²) in [5, 5.41) is 0. The highest BCUT2D eigenvalue weighted by atomic mass is 127. The zero-order valence-electron chi connectivity index (χ0n) is 13.4. The van der Waals surface area contributed by atoms with Crippen molar-refractivity contribution in [1.82, 2.24) is 14.5 Å². The summed E-state index contributed by atoms with van der Waals surface area (Å²) in [6.07, 6.45) is 0.977. The van der Waals surface area contributed by atoms with Crippen LogP contribution in [0.5, 0.6) is 0 Å². The van der Waals surface area contributed by atoms with Crippen molar-refractivity contribution in [3.8, 4) is 0 Å². The lowest BCUT2D eigenvalue weighted by atomic mass is 10.3. The molecule has 1 saturated heterocycles. The maximum Gasteiger partial charge on any atom is 0.191 e. The number of benzene rings is 1. The Labute approximate surface area is 158 Å². The van der Waals surface area contributed by atoms with Crippen LogP contribution in [0, 0.1) is 6.92 Å². The second-order valence-electron chi connectivity index (χ2n) is 5.49. The van der Waals surface area contributed by atoms with Gasteiger partial charge < -0.3 is 15.2 Å². The Balaban J connectivity index is 0.00000192. The minimum absolute atomic E-state index is 0. The van der Waals surface area contributed by atoms with Crippen molar-refractivity contribution < 1.29 is 0 Å². The Morgan fingerprint density at radius 3 is 2.83 bits per heavy atom. The Kier molecular flexibility index (Phi) is 7.01. The number of aryl methyl sites for hydroxylation is 2. The molecule has 3 rings (SSSR count). The standard InChI is InChI=1S/C16H23N5S.HI/c1-13-19-14-5-2-3-6-15(14)21(13)8-4-7-18-16(17)20-9-11-22-12-10-20;/h2-3,5-6H,4,7-12H2,1H3,(H2,17,18);1H. The molecule has 7 heteroatoms. The summed E-state index contributed by atoms with van der Waals surface area (Å²) in [7, 11) is 0. The monoisotopic (exact) mass is 445 g/mol. The van der Waals surface area contributed by atoms with Gasteiger partial charge in [-0.2, -0.15) is 11.8 Å². The molecule has 0 spiro atoms. The lowest BCUT2D eigenvalue weighted by molar-refractivity contribution is 0.455. The number of halogens is 1. The van der Waals surface area contributed by atoms with Gasteiger partial charge in [-0.15, -0.1) is 24.0 Å². The highest BCUT2D eigenvalue weighted by molar-refractivity contribution is 14.0. The van der Waals surface area contributed by atoms with E-state index in [0.29, 0.717) is 5.96 Å². The van der Waals surface area contributed by atoms with Gasteiger partial charge in [-0.05, 0) is 25.5 Å². The summed E-state index contributed by atoms with van der Waals surface area (Å²) in [5.74, 6) is 4.06. The van der Waals surface area contributed by atoms with Crippen molar-refractivity contribution in [2.24, 2.45) is 10.7 Å². The molecule has 1 aliphatic rings. The van der Waals surface area contributed by atoms with Gasteiger partial charge in [0, 0.05) is 37.7 Å². The summed E-state index contributed by atoms with van der Waals surface area (Å²) in [5.41, 5.74) is 8.34. The zero-order chi connectivity index (χ0) is 15.4. The first-order chi connectivity index (χ1) is 10.8. The normalized spacial score (nSPS) is 15.7. The molecule has 2 heterocycles. The number of thioether (sulfide) groups is 1. The summed E-state index contributed by atoms with van der Waals surface area (Å²) in [4.78, 5) is 11.3. The molecule has 1 aliphatic heterocycles. The van der Waals surface area contributed by atoms with Gasteiger partial charge >= 0.3 is 0 Å². The fourth-order valence-corrected chi connectivity index (χ4v) is 3.70. The smallest absolute Gasteiger partial charge is 0.191 e. The van der Waals surface area contributed by atoms with Gasteiger partial charge in [0.2, 0.25) is 0 Å². The van der Waals surface area contributed by atoms with E-state index >= 15 is 0 Å². The molecule has 5 nitrogen and oxygen atoms in total. The number of imidazole rings is 1. The van der Waals surface area contributed by atoms with Crippen molar-refractivity contribution >= 4 is 52.7 Å². The number of nitrogens with two attached hydrogens (primary N) is 1. The van der Waals surface area contributed by atoms with E-state index in [-0.39, 0.29) is 24.0 Å². The van der Waals surface area contributed by atoms with E-state index in [1.54, 1.807) is 0 Å². The summed E-state index contributed by atoms with van der Waals surface area (Å²) in [6, 6.07) is 8.27. The van der Waals surface area contributed by atoms with Crippen LogP contribution in [0.25, 0.3) is 11.0 Å². The van der Waals surface area contributed by atoms with Gasteiger partial charge in [0.15, 0.2) is 5.96 Å². The number of rotatable bonds is 4. The Hall–Kier alpha value is -0.960. The van der Waals surface area contributed by atoms with E-state index in [9.17, 15) is 0 Å². The van der Waals surface area contributed by atoms with Crippen LogP contribution in [0.15, 0.2) is 29.3 Å². The second kappa shape index (κ2) is 8.77. The molecule has 0 aliphatic carbocycles. The molecule has 126 valence electrons.